The molecule has 2 aliphatic rings. The van der Waals surface area contributed by atoms with Gasteiger partial charge in [-0.3, -0.25) is 0 Å². The van der Waals surface area contributed by atoms with Gasteiger partial charge in [0.1, 0.15) is 0 Å². The van der Waals surface area contributed by atoms with Crippen molar-refractivity contribution in [2.75, 3.05) is 18.5 Å². The van der Waals surface area contributed by atoms with Gasteiger partial charge in [0.05, 0.1) is 0 Å². The van der Waals surface area contributed by atoms with Crippen LogP contribution in [0.2, 0.25) is 0 Å². The first-order chi connectivity index (χ1) is 13.4. The molecule has 2 bridgehead atoms. The summed E-state index contributed by atoms with van der Waals surface area (Å²) in [7, 11) is -2.16. The van der Waals surface area contributed by atoms with Gasteiger partial charge in [0, 0.05) is 0 Å². The Morgan fingerprint density at radius 3 is 2.86 bits per heavy atom. The fourth-order valence-electron chi connectivity index (χ4n) is 5.01. The van der Waals surface area contributed by atoms with Crippen LogP contribution >= 0.6 is 7.49 Å². The number of carbonyl (C=O) groups excluding carboxylic acids is 1. The van der Waals surface area contributed by atoms with Crippen LogP contribution in [-0.4, -0.2) is 40.3 Å². The Morgan fingerprint density at radius 2 is 2.11 bits per heavy atom. The zero-order chi connectivity index (χ0) is 19.9. The summed E-state index contributed by atoms with van der Waals surface area (Å²) in [5.74, 6) is -0.563. The Morgan fingerprint density at radius 1 is 1.29 bits per heavy atom. The quantitative estimate of drug-likeness (QED) is 0.665. The van der Waals surface area contributed by atoms with Gasteiger partial charge in [0.2, 0.25) is 0 Å². The molecule has 152 valence electrons. The molecule has 1 saturated carbocycles. The van der Waals surface area contributed by atoms with Crippen LogP contribution in [-0.2, 0) is 0 Å². The molecule has 1 amide bonds. The summed E-state index contributed by atoms with van der Waals surface area (Å²) in [6.07, 6.45) is 7.38. The van der Waals surface area contributed by atoms with Crippen molar-refractivity contribution < 1.29 is 18.5 Å². The number of H-pyrrole nitrogens is 1. The predicted molar refractivity (Wildman–Crippen MR) is 109 cm³/mol. The van der Waals surface area contributed by atoms with Crippen LogP contribution in [0.15, 0.2) is 30.5 Å². The van der Waals surface area contributed by atoms with Crippen molar-refractivity contribution in [3.05, 3.63) is 47.8 Å². The van der Waals surface area contributed by atoms with Crippen molar-refractivity contribution >= 4 is 13.4 Å². The van der Waals surface area contributed by atoms with Gasteiger partial charge in [-0.2, -0.15) is 0 Å². The second kappa shape index (κ2) is 7.57. The van der Waals surface area contributed by atoms with Crippen molar-refractivity contribution in [2.45, 2.75) is 32.2 Å². The Hall–Kier alpha value is -1.78. The molecule has 2 aromatic rings. The van der Waals surface area contributed by atoms with Crippen LogP contribution in [0.25, 0.3) is 11.1 Å². The molecule has 3 atom stereocenters. The molecule has 0 radical (unpaired) electrons. The average Bonchev–Trinajstić information content (AvgIpc) is 3.14. The van der Waals surface area contributed by atoms with E-state index < -0.39 is 19.1 Å². The second-order valence-corrected chi connectivity index (χ2v) is 12.4. The molecule has 2 fully saturated rings. The van der Waals surface area contributed by atoms with E-state index in [4.69, 9.17) is 0 Å². The summed E-state index contributed by atoms with van der Waals surface area (Å²) >= 11 is 0. The van der Waals surface area contributed by atoms with Gasteiger partial charge in [-0.05, 0) is 0 Å². The first kappa shape index (κ1) is 19.5. The Kier molecular flexibility index (Phi) is 5.28. The maximum atomic E-state index is 14.0. The Balaban J connectivity index is 1.46. The average molecular weight is 408 g/mol. The molecule has 2 heterocycles. The van der Waals surface area contributed by atoms with Crippen molar-refractivity contribution in [1.82, 2.24) is 10.3 Å². The summed E-state index contributed by atoms with van der Waals surface area (Å²) in [6.45, 7) is 2.08. The molecule has 1 aliphatic heterocycles. The van der Waals surface area contributed by atoms with Crippen LogP contribution in [0.5, 0.6) is 0 Å². The van der Waals surface area contributed by atoms with E-state index >= 15 is 0 Å². The molecule has 1 aliphatic carbocycles. The van der Waals surface area contributed by atoms with Gasteiger partial charge in [-0.25, -0.2) is 4.39 Å². The van der Waals surface area contributed by atoms with Crippen LogP contribution < -0.4 is 5.32 Å². The third kappa shape index (κ3) is 3.85. The fraction of sp³-hybridized carbons (Fsp3) is 0.476. The third-order valence-electron chi connectivity index (χ3n) is 6.55. The van der Waals surface area contributed by atoms with Gasteiger partial charge in [0.25, 0.3) is 0 Å². The molecule has 4 rings (SSSR count). The maximum absolute atomic E-state index is 14.0. The van der Waals surface area contributed by atoms with Crippen LogP contribution in [0.1, 0.15) is 36.7 Å². The number of aromatic amines is 1. The number of nitrogens with one attached hydrogen (secondary N) is 2. The second-order valence-electron chi connectivity index (χ2n) is 8.43. The number of carbonyl (C=O) groups is 1. The zero-order valence-corrected chi connectivity index (χ0v) is 17.0. The van der Waals surface area contributed by atoms with Crippen LogP contribution in [0, 0.1) is 23.5 Å². The molecule has 1 aromatic carbocycles. The van der Waals surface area contributed by atoms with Gasteiger partial charge in [-0.1, -0.05) is 0 Å². The van der Waals surface area contributed by atoms with Crippen LogP contribution in [0.4, 0.5) is 8.78 Å². The topological polar surface area (TPSA) is 65.1 Å². The number of aromatic nitrogens is 1. The first-order valence-corrected chi connectivity index (χ1v) is 12.6. The predicted octanol–water partition coefficient (Wildman–Crippen LogP) is 4.17. The number of fused-ring (bicyclic) bond motifs is 2. The number of benzene rings is 1. The van der Waals surface area contributed by atoms with Gasteiger partial charge in [0.15, 0.2) is 0 Å². The Bertz CT molecular complexity index is 887. The van der Waals surface area contributed by atoms with Crippen molar-refractivity contribution in [2.24, 2.45) is 11.8 Å². The van der Waals surface area contributed by atoms with E-state index in [9.17, 15) is 18.5 Å². The van der Waals surface area contributed by atoms with E-state index in [-0.39, 0.29) is 17.5 Å². The summed E-state index contributed by atoms with van der Waals surface area (Å²) in [6, 6.07) is 5.07. The molecular formula is C21H27F2N2O2P. The molecule has 1 aromatic heterocycles. The third-order valence-corrected chi connectivity index (χ3v) is 10.5. The van der Waals surface area contributed by atoms with E-state index in [1.165, 1.54) is 12.1 Å². The van der Waals surface area contributed by atoms with Crippen LogP contribution in [0.3, 0.4) is 0 Å². The molecule has 1 saturated heterocycles. The number of hydrogen-bond acceptors (Lipinski definition) is 2. The van der Waals surface area contributed by atoms with E-state index in [0.29, 0.717) is 23.1 Å². The summed E-state index contributed by atoms with van der Waals surface area (Å²) < 4.78 is 27.1. The standard InChI is InChI=1S/C21H27F2N2O2P/c1-2-28(27)11-13-3-6-19(15(7-13)12-28)25-21(26)20-8-14(10-24-20)17-5-4-16(22)9-18(17)23/h4-5,8-10,13,15,19,24,27-28H,2-3,6-7,11-12H2,1H3,(H,25,26). The molecular weight excluding hydrogens is 381 g/mol. The molecule has 4 nitrogen and oxygen atoms in total. The molecule has 3 N–H and O–H groups in total. The van der Waals surface area contributed by atoms with E-state index in [0.717, 1.165) is 43.8 Å². The summed E-state index contributed by atoms with van der Waals surface area (Å²) in [5, 5.41) is 3.13. The summed E-state index contributed by atoms with van der Waals surface area (Å²) in [5.41, 5.74) is 1.12. The molecule has 7 heteroatoms. The number of rotatable bonds is 4. The van der Waals surface area contributed by atoms with Crippen molar-refractivity contribution in [3.63, 3.8) is 0 Å². The zero-order valence-electron chi connectivity index (χ0n) is 16.0. The monoisotopic (exact) mass is 408 g/mol. The minimum absolute atomic E-state index is 0.0731. The summed E-state index contributed by atoms with van der Waals surface area (Å²) in [4.78, 5) is 26.5. The fourth-order valence-corrected chi connectivity index (χ4v) is 8.63. The Labute approximate surface area is 164 Å². The number of hydrogen-bond donors (Lipinski definition) is 3. The first-order valence-electron chi connectivity index (χ1n) is 10.0. The number of halogens is 2. The van der Waals surface area contributed by atoms with Gasteiger partial charge in [-0.15, -0.1) is 0 Å². The van der Waals surface area contributed by atoms with Crippen molar-refractivity contribution in [3.8, 4) is 11.1 Å². The van der Waals surface area contributed by atoms with Gasteiger partial charge < -0.3 is 0 Å². The SMILES string of the molecule is CC[PH]1(O)CC2CCC(NC(=O)c3cc(-c4ccc(F)cc4F)c[nH]3)C(C2)C1. The molecule has 3 unspecified atom stereocenters. The molecule has 0 spiro atoms. The number of amides is 1. The van der Waals surface area contributed by atoms with Gasteiger partial charge >= 0.3 is 159 Å². The van der Waals surface area contributed by atoms with E-state index in [2.05, 4.69) is 17.2 Å². The normalized spacial score (nSPS) is 27.2. The molecule has 28 heavy (non-hydrogen) atoms. The van der Waals surface area contributed by atoms with E-state index in [1.807, 2.05) is 0 Å². The minimum atomic E-state index is -2.16. The van der Waals surface area contributed by atoms with Crippen molar-refractivity contribution in [1.29, 1.82) is 0 Å². The van der Waals surface area contributed by atoms with E-state index in [1.54, 1.807) is 12.3 Å².